The molecule has 3 rings (SSSR count). The zero-order chi connectivity index (χ0) is 19.1. The Balaban J connectivity index is 1.40. The van der Waals surface area contributed by atoms with Crippen molar-refractivity contribution < 1.29 is 14.3 Å². The summed E-state index contributed by atoms with van der Waals surface area (Å²) >= 11 is 0. The molecule has 0 bridgehead atoms. The fourth-order valence-electron chi connectivity index (χ4n) is 2.63. The Hall–Kier alpha value is -3.35. The van der Waals surface area contributed by atoms with Crippen molar-refractivity contribution in [1.29, 1.82) is 0 Å². The number of amides is 2. The summed E-state index contributed by atoms with van der Waals surface area (Å²) < 4.78 is 7.28. The number of rotatable bonds is 8. The van der Waals surface area contributed by atoms with Crippen molar-refractivity contribution in [1.82, 2.24) is 20.0 Å². The first-order valence-electron chi connectivity index (χ1n) is 8.86. The molecule has 7 nitrogen and oxygen atoms in total. The summed E-state index contributed by atoms with van der Waals surface area (Å²) in [6.07, 6.45) is 4.50. The monoisotopic (exact) mass is 366 g/mol. The van der Waals surface area contributed by atoms with Crippen molar-refractivity contribution in [3.8, 4) is 5.75 Å². The first kappa shape index (κ1) is 18.4. The van der Waals surface area contributed by atoms with E-state index in [2.05, 4.69) is 15.6 Å². The maximum absolute atomic E-state index is 12.1. The Bertz CT molecular complexity index is 885. The van der Waals surface area contributed by atoms with Crippen LogP contribution in [-0.2, 0) is 11.2 Å². The summed E-state index contributed by atoms with van der Waals surface area (Å²) in [5.41, 5.74) is 2.26. The second kappa shape index (κ2) is 8.84. The van der Waals surface area contributed by atoms with Crippen LogP contribution in [0.1, 0.15) is 23.0 Å². The number of fused-ring (bicyclic) bond motifs is 1. The van der Waals surface area contributed by atoms with Crippen LogP contribution in [0, 0.1) is 0 Å². The van der Waals surface area contributed by atoms with Gasteiger partial charge in [0.1, 0.15) is 11.4 Å². The quantitative estimate of drug-likeness (QED) is 0.637. The number of benzene rings is 1. The van der Waals surface area contributed by atoms with Crippen LogP contribution in [-0.4, -0.2) is 40.9 Å². The molecular formula is C20H22N4O3. The second-order valence-corrected chi connectivity index (χ2v) is 5.94. The third-order valence-corrected chi connectivity index (χ3v) is 3.95. The molecule has 0 aliphatic carbocycles. The molecule has 0 saturated heterocycles. The van der Waals surface area contributed by atoms with Gasteiger partial charge in [0.25, 0.3) is 5.91 Å². The van der Waals surface area contributed by atoms with E-state index < -0.39 is 0 Å². The number of carbonyl (C=O) groups excluding carboxylic acids is 2. The molecule has 27 heavy (non-hydrogen) atoms. The summed E-state index contributed by atoms with van der Waals surface area (Å²) in [7, 11) is 0. The number of aromatic nitrogens is 2. The van der Waals surface area contributed by atoms with Gasteiger partial charge < -0.3 is 19.8 Å². The molecule has 3 aromatic rings. The predicted molar refractivity (Wildman–Crippen MR) is 102 cm³/mol. The lowest BCUT2D eigenvalue weighted by Crippen LogP contribution is -2.37. The standard InChI is InChI=1S/C20H22N4O3/c1-2-27-17-8-6-15(7-9-17)20(26)22-13-19(25)21-11-10-16-14-24-12-4-3-5-18(24)23-16/h3-9,12,14H,2,10-11,13H2,1H3,(H,21,25)(H,22,26). The van der Waals surface area contributed by atoms with Gasteiger partial charge in [0, 0.05) is 30.9 Å². The van der Waals surface area contributed by atoms with E-state index in [1.165, 1.54) is 0 Å². The Morgan fingerprint density at radius 2 is 1.93 bits per heavy atom. The molecule has 0 atom stereocenters. The van der Waals surface area contributed by atoms with Gasteiger partial charge in [0.2, 0.25) is 5.91 Å². The normalized spacial score (nSPS) is 10.6. The highest BCUT2D eigenvalue weighted by atomic mass is 16.5. The first-order chi connectivity index (χ1) is 13.2. The molecule has 2 N–H and O–H groups in total. The van der Waals surface area contributed by atoms with E-state index in [4.69, 9.17) is 4.74 Å². The van der Waals surface area contributed by atoms with Crippen LogP contribution >= 0.6 is 0 Å². The van der Waals surface area contributed by atoms with Gasteiger partial charge in [0.05, 0.1) is 18.8 Å². The van der Waals surface area contributed by atoms with Crippen LogP contribution in [0.3, 0.4) is 0 Å². The molecule has 7 heteroatoms. The summed E-state index contributed by atoms with van der Waals surface area (Å²) in [4.78, 5) is 28.5. The number of hydrogen-bond donors (Lipinski definition) is 2. The third kappa shape index (κ3) is 5.07. The van der Waals surface area contributed by atoms with Gasteiger partial charge >= 0.3 is 0 Å². The van der Waals surface area contributed by atoms with Crippen molar-refractivity contribution in [3.05, 3.63) is 66.1 Å². The van der Waals surface area contributed by atoms with Crippen LogP contribution in [0.2, 0.25) is 0 Å². The predicted octanol–water partition coefficient (Wildman–Crippen LogP) is 1.82. The number of nitrogens with zero attached hydrogens (tertiary/aromatic N) is 2. The van der Waals surface area contributed by atoms with Gasteiger partial charge in [-0.3, -0.25) is 9.59 Å². The number of nitrogens with one attached hydrogen (secondary N) is 2. The van der Waals surface area contributed by atoms with E-state index in [-0.39, 0.29) is 18.4 Å². The third-order valence-electron chi connectivity index (χ3n) is 3.95. The highest BCUT2D eigenvalue weighted by molar-refractivity contribution is 5.96. The second-order valence-electron chi connectivity index (χ2n) is 5.94. The maximum atomic E-state index is 12.1. The maximum Gasteiger partial charge on any atom is 0.251 e. The van der Waals surface area contributed by atoms with Crippen LogP contribution in [0.5, 0.6) is 5.75 Å². The Kier molecular flexibility index (Phi) is 6.04. The Labute approximate surface area is 157 Å². The van der Waals surface area contributed by atoms with Crippen molar-refractivity contribution in [2.24, 2.45) is 0 Å². The first-order valence-corrected chi connectivity index (χ1v) is 8.86. The summed E-state index contributed by atoms with van der Waals surface area (Å²) in [5.74, 6) is 0.172. The summed E-state index contributed by atoms with van der Waals surface area (Å²) in [5, 5.41) is 5.39. The highest BCUT2D eigenvalue weighted by Gasteiger charge is 2.08. The molecule has 0 fully saturated rings. The minimum atomic E-state index is -0.298. The molecule has 0 spiro atoms. The van der Waals surface area contributed by atoms with Crippen LogP contribution in [0.15, 0.2) is 54.9 Å². The molecule has 2 amide bonds. The lowest BCUT2D eigenvalue weighted by Gasteiger charge is -2.07. The number of imidazole rings is 1. The van der Waals surface area contributed by atoms with Crippen molar-refractivity contribution in [2.45, 2.75) is 13.3 Å². The Morgan fingerprint density at radius 1 is 1.11 bits per heavy atom. The van der Waals surface area contributed by atoms with Crippen molar-refractivity contribution in [3.63, 3.8) is 0 Å². The average molecular weight is 366 g/mol. The molecule has 0 unspecified atom stereocenters. The lowest BCUT2D eigenvalue weighted by molar-refractivity contribution is -0.120. The molecule has 0 aliphatic heterocycles. The molecule has 2 aromatic heterocycles. The van der Waals surface area contributed by atoms with E-state index in [1.807, 2.05) is 41.9 Å². The molecule has 1 aromatic carbocycles. The van der Waals surface area contributed by atoms with E-state index in [0.29, 0.717) is 30.9 Å². The molecule has 2 heterocycles. The number of ether oxygens (including phenoxy) is 1. The topological polar surface area (TPSA) is 84.7 Å². The summed E-state index contributed by atoms with van der Waals surface area (Å²) in [6.45, 7) is 2.85. The van der Waals surface area contributed by atoms with E-state index >= 15 is 0 Å². The van der Waals surface area contributed by atoms with E-state index in [0.717, 1.165) is 11.3 Å². The van der Waals surface area contributed by atoms with Gasteiger partial charge in [-0.1, -0.05) is 6.07 Å². The van der Waals surface area contributed by atoms with Crippen molar-refractivity contribution in [2.75, 3.05) is 19.7 Å². The molecular weight excluding hydrogens is 344 g/mol. The zero-order valence-corrected chi connectivity index (χ0v) is 15.1. The number of carbonyl (C=O) groups is 2. The number of hydrogen-bond acceptors (Lipinski definition) is 4. The van der Waals surface area contributed by atoms with Crippen LogP contribution in [0.4, 0.5) is 0 Å². The molecule has 0 radical (unpaired) electrons. The van der Waals surface area contributed by atoms with Gasteiger partial charge in [-0.25, -0.2) is 4.98 Å². The van der Waals surface area contributed by atoms with Crippen molar-refractivity contribution >= 4 is 17.5 Å². The number of pyridine rings is 1. The molecule has 0 aliphatic rings. The zero-order valence-electron chi connectivity index (χ0n) is 15.1. The van der Waals surface area contributed by atoms with Crippen LogP contribution < -0.4 is 15.4 Å². The minimum absolute atomic E-state index is 0.0722. The largest absolute Gasteiger partial charge is 0.494 e. The van der Waals surface area contributed by atoms with Gasteiger partial charge in [0.15, 0.2) is 0 Å². The Morgan fingerprint density at radius 3 is 2.67 bits per heavy atom. The lowest BCUT2D eigenvalue weighted by atomic mass is 10.2. The fraction of sp³-hybridized carbons (Fsp3) is 0.250. The van der Waals surface area contributed by atoms with Gasteiger partial charge in [-0.15, -0.1) is 0 Å². The SMILES string of the molecule is CCOc1ccc(C(=O)NCC(=O)NCCc2cn3ccccc3n2)cc1. The molecule has 140 valence electrons. The fourth-order valence-corrected chi connectivity index (χ4v) is 2.63. The smallest absolute Gasteiger partial charge is 0.251 e. The molecule has 0 saturated carbocycles. The summed E-state index contributed by atoms with van der Waals surface area (Å²) in [6, 6.07) is 12.6. The minimum Gasteiger partial charge on any atom is -0.494 e. The average Bonchev–Trinajstić information content (AvgIpc) is 3.10. The van der Waals surface area contributed by atoms with E-state index in [1.54, 1.807) is 24.3 Å². The van der Waals surface area contributed by atoms with E-state index in [9.17, 15) is 9.59 Å². The highest BCUT2D eigenvalue weighted by Crippen LogP contribution is 2.11. The van der Waals surface area contributed by atoms with Crippen LogP contribution in [0.25, 0.3) is 5.65 Å². The van der Waals surface area contributed by atoms with Gasteiger partial charge in [-0.2, -0.15) is 0 Å². The van der Waals surface area contributed by atoms with Gasteiger partial charge in [-0.05, 0) is 43.3 Å².